The lowest BCUT2D eigenvalue weighted by molar-refractivity contribution is 0.0526. The molecule has 1 aliphatic carbocycles. The maximum atomic E-state index is 11.9. The third kappa shape index (κ3) is 5.09. The summed E-state index contributed by atoms with van der Waals surface area (Å²) < 4.78 is 5.04. The lowest BCUT2D eigenvalue weighted by Crippen LogP contribution is -2.20. The van der Waals surface area contributed by atoms with Gasteiger partial charge in [-0.05, 0) is 38.0 Å². The van der Waals surface area contributed by atoms with Gasteiger partial charge in [0.25, 0.3) is 0 Å². The third-order valence-corrected chi connectivity index (χ3v) is 4.72. The second-order valence-electron chi connectivity index (χ2n) is 6.74. The summed E-state index contributed by atoms with van der Waals surface area (Å²) in [5.41, 5.74) is 7.96. The number of nitrogens with zero attached hydrogens (tertiary/aromatic N) is 2. The van der Waals surface area contributed by atoms with Gasteiger partial charge in [0.2, 0.25) is 0 Å². The van der Waals surface area contributed by atoms with Gasteiger partial charge in [0, 0.05) is 11.7 Å². The van der Waals surface area contributed by atoms with Gasteiger partial charge >= 0.3 is 5.97 Å². The minimum Gasteiger partial charge on any atom is -0.462 e. The average Bonchev–Trinajstić information content (AvgIpc) is 2.94. The van der Waals surface area contributed by atoms with Crippen molar-refractivity contribution in [3.8, 4) is 0 Å². The van der Waals surface area contributed by atoms with E-state index in [0.717, 1.165) is 12.8 Å². The topological polar surface area (TPSA) is 102 Å². The van der Waals surface area contributed by atoms with Crippen molar-refractivity contribution in [2.24, 2.45) is 0 Å². The molecule has 7 heteroatoms. The molecule has 1 aromatic heterocycles. The molecule has 0 radical (unpaired) electrons. The van der Waals surface area contributed by atoms with Crippen LogP contribution in [-0.2, 0) is 4.74 Å². The van der Waals surface area contributed by atoms with E-state index in [1.807, 2.05) is 6.07 Å². The molecule has 0 bridgehead atoms. The number of esters is 1. The molecule has 1 saturated carbocycles. The fourth-order valence-corrected chi connectivity index (χ4v) is 3.30. The molecule has 0 aliphatic heterocycles. The van der Waals surface area contributed by atoms with Gasteiger partial charge in [-0.25, -0.2) is 14.8 Å². The van der Waals surface area contributed by atoms with Crippen LogP contribution >= 0.6 is 0 Å². The van der Waals surface area contributed by atoms with E-state index in [1.54, 1.807) is 25.1 Å². The number of benzene rings is 1. The number of nitrogens with two attached hydrogens (primary N) is 1. The Morgan fingerprint density at radius 1 is 1.19 bits per heavy atom. The van der Waals surface area contributed by atoms with Crippen LogP contribution in [0, 0.1) is 0 Å². The number of nitrogen functional groups attached to an aromatic ring is 1. The average molecular weight is 369 g/mol. The summed E-state index contributed by atoms with van der Waals surface area (Å²) >= 11 is 0. The molecule has 2 aromatic rings. The molecule has 1 aromatic carbocycles. The zero-order valence-corrected chi connectivity index (χ0v) is 15.7. The highest BCUT2D eigenvalue weighted by Gasteiger charge is 2.16. The number of anilines is 4. The van der Waals surface area contributed by atoms with Gasteiger partial charge in [0.05, 0.1) is 12.2 Å². The molecule has 0 spiro atoms. The maximum Gasteiger partial charge on any atom is 0.338 e. The van der Waals surface area contributed by atoms with Crippen molar-refractivity contribution in [1.82, 2.24) is 9.97 Å². The fraction of sp³-hybridized carbons (Fsp3) is 0.450. The van der Waals surface area contributed by atoms with Crippen LogP contribution in [0.2, 0.25) is 0 Å². The molecule has 144 valence electrons. The van der Waals surface area contributed by atoms with Crippen LogP contribution in [-0.4, -0.2) is 28.6 Å². The first-order valence-corrected chi connectivity index (χ1v) is 9.58. The zero-order valence-electron chi connectivity index (χ0n) is 15.7. The number of hydrogen-bond acceptors (Lipinski definition) is 7. The largest absolute Gasteiger partial charge is 0.462 e. The van der Waals surface area contributed by atoms with Crippen LogP contribution in [0.1, 0.15) is 55.8 Å². The van der Waals surface area contributed by atoms with E-state index in [2.05, 4.69) is 20.6 Å². The number of nitrogens with one attached hydrogen (secondary N) is 2. The number of rotatable bonds is 6. The first kappa shape index (κ1) is 18.9. The highest BCUT2D eigenvalue weighted by atomic mass is 16.5. The lowest BCUT2D eigenvalue weighted by atomic mass is 10.1. The van der Waals surface area contributed by atoms with E-state index in [9.17, 15) is 4.79 Å². The number of carbonyl (C=O) groups is 1. The summed E-state index contributed by atoms with van der Waals surface area (Å²) in [5, 5.41) is 6.65. The monoisotopic (exact) mass is 369 g/mol. The summed E-state index contributed by atoms with van der Waals surface area (Å²) in [6.45, 7) is 2.12. The Balaban J connectivity index is 1.74. The van der Waals surface area contributed by atoms with Gasteiger partial charge in [-0.3, -0.25) is 0 Å². The molecular formula is C20H27N5O2. The molecule has 1 heterocycles. The number of ether oxygens (including phenoxy) is 1. The van der Waals surface area contributed by atoms with Crippen molar-refractivity contribution >= 4 is 29.0 Å². The molecule has 0 amide bonds. The molecule has 0 unspecified atom stereocenters. The molecule has 0 saturated heterocycles. The van der Waals surface area contributed by atoms with E-state index in [4.69, 9.17) is 10.5 Å². The Morgan fingerprint density at radius 2 is 1.93 bits per heavy atom. The van der Waals surface area contributed by atoms with E-state index >= 15 is 0 Å². The van der Waals surface area contributed by atoms with Crippen molar-refractivity contribution in [2.75, 3.05) is 23.0 Å². The van der Waals surface area contributed by atoms with Crippen LogP contribution in [0.15, 0.2) is 30.6 Å². The number of aromatic nitrogens is 2. The molecule has 1 aliphatic rings. The minimum atomic E-state index is -0.354. The molecule has 3 rings (SSSR count). The van der Waals surface area contributed by atoms with Gasteiger partial charge in [0.15, 0.2) is 11.6 Å². The van der Waals surface area contributed by atoms with Gasteiger partial charge in [-0.2, -0.15) is 0 Å². The Labute approximate surface area is 159 Å². The first-order chi connectivity index (χ1) is 13.2. The van der Waals surface area contributed by atoms with E-state index in [-0.39, 0.29) is 5.97 Å². The third-order valence-electron chi connectivity index (χ3n) is 4.72. The zero-order chi connectivity index (χ0) is 19.1. The minimum absolute atomic E-state index is 0.339. The first-order valence-electron chi connectivity index (χ1n) is 9.58. The summed E-state index contributed by atoms with van der Waals surface area (Å²) in [4.78, 5) is 20.5. The predicted octanol–water partition coefficient (Wildman–Crippen LogP) is 4.11. The van der Waals surface area contributed by atoms with Crippen LogP contribution in [0.4, 0.5) is 23.0 Å². The summed E-state index contributed by atoms with van der Waals surface area (Å²) in [6, 6.07) is 7.47. The van der Waals surface area contributed by atoms with Crippen LogP contribution in [0.5, 0.6) is 0 Å². The second-order valence-corrected chi connectivity index (χ2v) is 6.74. The Kier molecular flexibility index (Phi) is 6.46. The van der Waals surface area contributed by atoms with Gasteiger partial charge in [-0.15, -0.1) is 0 Å². The SMILES string of the molecule is CCOC(=O)c1cccc(Nc2ncnc(NC3CCCCCC3)c2N)c1. The van der Waals surface area contributed by atoms with Crippen molar-refractivity contribution in [3.05, 3.63) is 36.2 Å². The van der Waals surface area contributed by atoms with Gasteiger partial charge < -0.3 is 21.1 Å². The fourth-order valence-electron chi connectivity index (χ4n) is 3.30. The summed E-state index contributed by atoms with van der Waals surface area (Å²) in [5.74, 6) is 0.815. The smallest absolute Gasteiger partial charge is 0.338 e. The standard InChI is InChI=1S/C20H27N5O2/c1-2-27-20(26)14-8-7-11-16(12-14)25-19-17(21)18(22-13-23-19)24-15-9-5-3-4-6-10-15/h7-8,11-13,15H,2-6,9-10,21H2,1H3,(H2,22,23,24,25). The van der Waals surface area contributed by atoms with Crippen molar-refractivity contribution in [2.45, 2.75) is 51.5 Å². The maximum absolute atomic E-state index is 11.9. The molecule has 1 fully saturated rings. The van der Waals surface area contributed by atoms with Crippen LogP contribution in [0.3, 0.4) is 0 Å². The van der Waals surface area contributed by atoms with E-state index < -0.39 is 0 Å². The highest BCUT2D eigenvalue weighted by molar-refractivity contribution is 5.91. The summed E-state index contributed by atoms with van der Waals surface area (Å²) in [6.07, 6.45) is 8.80. The van der Waals surface area contributed by atoms with Gasteiger partial charge in [-0.1, -0.05) is 31.7 Å². The van der Waals surface area contributed by atoms with Crippen molar-refractivity contribution < 1.29 is 9.53 Å². The Hall–Kier alpha value is -2.83. The Bertz CT molecular complexity index is 773. The van der Waals surface area contributed by atoms with Gasteiger partial charge in [0.1, 0.15) is 12.0 Å². The summed E-state index contributed by atoms with van der Waals surface area (Å²) in [7, 11) is 0. The quantitative estimate of drug-likeness (QED) is 0.520. The lowest BCUT2D eigenvalue weighted by Gasteiger charge is -2.19. The van der Waals surface area contributed by atoms with Crippen molar-refractivity contribution in [3.63, 3.8) is 0 Å². The highest BCUT2D eigenvalue weighted by Crippen LogP contribution is 2.28. The van der Waals surface area contributed by atoms with E-state index in [1.165, 1.54) is 32.0 Å². The molecule has 4 N–H and O–H groups in total. The number of hydrogen-bond donors (Lipinski definition) is 3. The molecule has 0 atom stereocenters. The predicted molar refractivity (Wildman–Crippen MR) is 107 cm³/mol. The Morgan fingerprint density at radius 3 is 2.67 bits per heavy atom. The van der Waals surface area contributed by atoms with E-state index in [0.29, 0.717) is 41.2 Å². The van der Waals surface area contributed by atoms with Crippen LogP contribution in [0.25, 0.3) is 0 Å². The second kappa shape index (κ2) is 9.21. The number of carbonyl (C=O) groups excluding carboxylic acids is 1. The van der Waals surface area contributed by atoms with Crippen molar-refractivity contribution in [1.29, 1.82) is 0 Å². The van der Waals surface area contributed by atoms with Crippen LogP contribution < -0.4 is 16.4 Å². The molecule has 7 nitrogen and oxygen atoms in total. The molecule has 27 heavy (non-hydrogen) atoms. The normalized spacial score (nSPS) is 15.0. The molecular weight excluding hydrogens is 342 g/mol.